The Hall–Kier alpha value is -1.29. The molecule has 2 aliphatic rings. The van der Waals surface area contributed by atoms with Crippen molar-refractivity contribution >= 4 is 0 Å². The number of hydrogen-bond donors (Lipinski definition) is 0. The lowest BCUT2D eigenvalue weighted by atomic mass is 10.0. The highest BCUT2D eigenvalue weighted by Crippen LogP contribution is 2.24. The first kappa shape index (κ1) is 13.7. The molecule has 4 nitrogen and oxygen atoms in total. The van der Waals surface area contributed by atoms with Crippen molar-refractivity contribution in [3.63, 3.8) is 0 Å². The number of aromatic nitrogens is 2. The molecule has 0 spiro atoms. The first-order chi connectivity index (χ1) is 9.86. The van der Waals surface area contributed by atoms with Crippen LogP contribution in [0.2, 0.25) is 0 Å². The largest absolute Gasteiger partial charge is 0.497 e. The molecule has 0 saturated carbocycles. The van der Waals surface area contributed by atoms with E-state index in [2.05, 4.69) is 33.6 Å². The molecule has 1 aromatic rings. The third kappa shape index (κ3) is 3.06. The van der Waals surface area contributed by atoms with Gasteiger partial charge < -0.3 is 9.30 Å². The van der Waals surface area contributed by atoms with E-state index in [0.717, 1.165) is 32.4 Å². The summed E-state index contributed by atoms with van der Waals surface area (Å²) < 4.78 is 8.09. The van der Waals surface area contributed by atoms with E-state index in [0.29, 0.717) is 12.1 Å². The number of rotatable bonds is 4. The van der Waals surface area contributed by atoms with Crippen LogP contribution < -0.4 is 0 Å². The Morgan fingerprint density at radius 3 is 3.15 bits per heavy atom. The van der Waals surface area contributed by atoms with E-state index in [4.69, 9.17) is 4.74 Å². The quantitative estimate of drug-likeness (QED) is 0.846. The monoisotopic (exact) mass is 275 g/mol. The standard InChI is InChI=1S/C16H25N3O/c1-2-16-17-8-10-19(16)14-6-5-9-18(12-14)13-15-7-3-4-11-20-15/h4,8,10-11,14-15H,2-3,5-7,9,12-13H2,1H3/t14-,15-/m0/s1. The van der Waals surface area contributed by atoms with Crippen LogP contribution >= 0.6 is 0 Å². The molecule has 1 fully saturated rings. The zero-order valence-corrected chi connectivity index (χ0v) is 12.4. The lowest BCUT2D eigenvalue weighted by Gasteiger charge is -2.36. The van der Waals surface area contributed by atoms with Crippen molar-refractivity contribution in [1.82, 2.24) is 14.5 Å². The van der Waals surface area contributed by atoms with Gasteiger partial charge in [-0.25, -0.2) is 4.98 Å². The maximum Gasteiger partial charge on any atom is 0.111 e. The van der Waals surface area contributed by atoms with Crippen LogP contribution in [0.5, 0.6) is 0 Å². The van der Waals surface area contributed by atoms with Crippen LogP contribution in [0.4, 0.5) is 0 Å². The first-order valence-corrected chi connectivity index (χ1v) is 7.91. The van der Waals surface area contributed by atoms with Gasteiger partial charge >= 0.3 is 0 Å². The Balaban J connectivity index is 1.60. The summed E-state index contributed by atoms with van der Waals surface area (Å²) >= 11 is 0. The Morgan fingerprint density at radius 2 is 2.35 bits per heavy atom. The van der Waals surface area contributed by atoms with Crippen LogP contribution in [0.25, 0.3) is 0 Å². The molecule has 0 unspecified atom stereocenters. The summed E-state index contributed by atoms with van der Waals surface area (Å²) in [5, 5.41) is 0. The Bertz CT molecular complexity index is 454. The summed E-state index contributed by atoms with van der Waals surface area (Å²) in [6.07, 6.45) is 14.3. The highest BCUT2D eigenvalue weighted by molar-refractivity contribution is 4.97. The molecule has 1 aromatic heterocycles. The molecule has 110 valence electrons. The highest BCUT2D eigenvalue weighted by atomic mass is 16.5. The van der Waals surface area contributed by atoms with E-state index < -0.39 is 0 Å². The number of aryl methyl sites for hydroxylation is 1. The van der Waals surface area contributed by atoms with Crippen molar-refractivity contribution in [2.45, 2.75) is 51.2 Å². The summed E-state index contributed by atoms with van der Waals surface area (Å²) in [5.74, 6) is 1.22. The minimum Gasteiger partial charge on any atom is -0.497 e. The normalized spacial score (nSPS) is 27.4. The number of allylic oxidation sites excluding steroid dienone is 1. The molecule has 0 bridgehead atoms. The van der Waals surface area contributed by atoms with Crippen molar-refractivity contribution in [3.05, 3.63) is 30.6 Å². The van der Waals surface area contributed by atoms with Gasteiger partial charge in [0.15, 0.2) is 0 Å². The fourth-order valence-corrected chi connectivity index (χ4v) is 3.38. The molecule has 0 radical (unpaired) electrons. The van der Waals surface area contributed by atoms with E-state index in [9.17, 15) is 0 Å². The minimum absolute atomic E-state index is 0.382. The van der Waals surface area contributed by atoms with Crippen LogP contribution in [-0.4, -0.2) is 40.2 Å². The lowest BCUT2D eigenvalue weighted by molar-refractivity contribution is 0.0610. The third-order valence-corrected chi connectivity index (χ3v) is 4.42. The molecule has 4 heteroatoms. The van der Waals surface area contributed by atoms with Gasteiger partial charge in [0.1, 0.15) is 11.9 Å². The Labute approximate surface area is 121 Å². The molecule has 2 atom stereocenters. The number of ether oxygens (including phenoxy) is 1. The van der Waals surface area contributed by atoms with Gasteiger partial charge in [0.05, 0.1) is 6.26 Å². The summed E-state index contributed by atoms with van der Waals surface area (Å²) in [6.45, 7) is 5.59. The van der Waals surface area contributed by atoms with Crippen LogP contribution in [0, 0.1) is 0 Å². The van der Waals surface area contributed by atoms with Gasteiger partial charge in [-0.1, -0.05) is 6.92 Å². The molecule has 2 aliphatic heterocycles. The molecular formula is C16H25N3O. The fourth-order valence-electron chi connectivity index (χ4n) is 3.38. The van der Waals surface area contributed by atoms with E-state index in [1.54, 1.807) is 0 Å². The molecule has 1 saturated heterocycles. The van der Waals surface area contributed by atoms with Crippen LogP contribution in [-0.2, 0) is 11.2 Å². The van der Waals surface area contributed by atoms with Crippen LogP contribution in [0.1, 0.15) is 44.5 Å². The second-order valence-electron chi connectivity index (χ2n) is 5.87. The second-order valence-corrected chi connectivity index (χ2v) is 5.87. The predicted octanol–water partition coefficient (Wildman–Crippen LogP) is 2.78. The average Bonchev–Trinajstić information content (AvgIpc) is 2.97. The number of likely N-dealkylation sites (tertiary alicyclic amines) is 1. The highest BCUT2D eigenvalue weighted by Gasteiger charge is 2.25. The summed E-state index contributed by atoms with van der Waals surface area (Å²) in [6, 6.07) is 0.584. The van der Waals surface area contributed by atoms with E-state index in [-0.39, 0.29) is 0 Å². The van der Waals surface area contributed by atoms with Gasteiger partial charge in [0.25, 0.3) is 0 Å². The van der Waals surface area contributed by atoms with E-state index in [1.165, 1.54) is 25.2 Å². The minimum atomic E-state index is 0.382. The molecule has 0 N–H and O–H groups in total. The van der Waals surface area contributed by atoms with Crippen molar-refractivity contribution in [3.8, 4) is 0 Å². The number of nitrogens with zero attached hydrogens (tertiary/aromatic N) is 3. The molecular weight excluding hydrogens is 250 g/mol. The zero-order valence-electron chi connectivity index (χ0n) is 12.4. The number of piperidine rings is 1. The molecule has 20 heavy (non-hydrogen) atoms. The smallest absolute Gasteiger partial charge is 0.111 e. The van der Waals surface area contributed by atoms with Gasteiger partial charge in [0.2, 0.25) is 0 Å². The summed E-state index contributed by atoms with van der Waals surface area (Å²) in [5.41, 5.74) is 0. The molecule has 0 amide bonds. The Kier molecular flexibility index (Phi) is 4.41. The Morgan fingerprint density at radius 1 is 1.40 bits per heavy atom. The fraction of sp³-hybridized carbons (Fsp3) is 0.688. The third-order valence-electron chi connectivity index (χ3n) is 4.42. The molecule has 3 rings (SSSR count). The van der Waals surface area contributed by atoms with Crippen molar-refractivity contribution in [1.29, 1.82) is 0 Å². The molecule has 3 heterocycles. The predicted molar refractivity (Wildman–Crippen MR) is 79.6 cm³/mol. The maximum absolute atomic E-state index is 5.71. The summed E-state index contributed by atoms with van der Waals surface area (Å²) in [4.78, 5) is 7.03. The van der Waals surface area contributed by atoms with Gasteiger partial charge in [-0.2, -0.15) is 0 Å². The lowest BCUT2D eigenvalue weighted by Crippen LogP contribution is -2.41. The topological polar surface area (TPSA) is 30.3 Å². The SMILES string of the molecule is CCc1nccn1[C@H]1CCCN(C[C@@H]2CCC=CO2)C1. The average molecular weight is 275 g/mol. The first-order valence-electron chi connectivity index (χ1n) is 7.91. The zero-order chi connectivity index (χ0) is 13.8. The van der Waals surface area contributed by atoms with E-state index >= 15 is 0 Å². The summed E-state index contributed by atoms with van der Waals surface area (Å²) in [7, 11) is 0. The van der Waals surface area contributed by atoms with Crippen LogP contribution in [0.3, 0.4) is 0 Å². The second kappa shape index (κ2) is 6.44. The number of hydrogen-bond acceptors (Lipinski definition) is 3. The maximum atomic E-state index is 5.71. The molecule has 0 aliphatic carbocycles. The van der Waals surface area contributed by atoms with Gasteiger partial charge in [-0.05, 0) is 38.3 Å². The van der Waals surface area contributed by atoms with E-state index in [1.807, 2.05) is 12.5 Å². The van der Waals surface area contributed by atoms with Crippen LogP contribution in [0.15, 0.2) is 24.7 Å². The van der Waals surface area contributed by atoms with Gasteiger partial charge in [-0.3, -0.25) is 4.90 Å². The van der Waals surface area contributed by atoms with Crippen molar-refractivity contribution in [2.75, 3.05) is 19.6 Å². The van der Waals surface area contributed by atoms with Crippen molar-refractivity contribution in [2.24, 2.45) is 0 Å². The van der Waals surface area contributed by atoms with Crippen molar-refractivity contribution < 1.29 is 4.74 Å². The van der Waals surface area contributed by atoms with Gasteiger partial charge in [0, 0.05) is 37.9 Å². The number of imidazole rings is 1. The molecule has 0 aromatic carbocycles. The van der Waals surface area contributed by atoms with Gasteiger partial charge in [-0.15, -0.1) is 0 Å².